The molecular weight excluding hydrogens is 416 g/mol. The summed E-state index contributed by atoms with van der Waals surface area (Å²) in [6.07, 6.45) is 2.25. The average Bonchev–Trinajstić information content (AvgIpc) is 3.41. The molecule has 0 unspecified atom stereocenters. The Labute approximate surface area is 197 Å². The molecule has 4 aromatic carbocycles. The number of rotatable bonds is 2. The van der Waals surface area contributed by atoms with Crippen LogP contribution in [-0.4, -0.2) is 4.57 Å². The van der Waals surface area contributed by atoms with E-state index in [1.807, 2.05) is 6.07 Å². The van der Waals surface area contributed by atoms with E-state index < -0.39 is 0 Å². The van der Waals surface area contributed by atoms with Gasteiger partial charge in [0.2, 0.25) is 5.58 Å². The Morgan fingerprint density at radius 2 is 1.26 bits per heavy atom. The highest BCUT2D eigenvalue weighted by Gasteiger charge is 2.27. The van der Waals surface area contributed by atoms with E-state index in [0.29, 0.717) is 0 Å². The standard InChI is InChI=1S/C31H23N2O/c1-20-11-3-4-12-21(20)30-31-29(24-15-7-10-18-28(24)34-31)27(19-32(30)2)33-25-16-8-5-13-22(25)23-14-6-9-17-26(23)33/h3-19H,1-2H3/q+1. The maximum absolute atomic E-state index is 6.60. The molecule has 0 spiro atoms. The van der Waals surface area contributed by atoms with E-state index in [4.69, 9.17) is 4.42 Å². The lowest BCUT2D eigenvalue weighted by molar-refractivity contribution is -0.659. The molecule has 3 nitrogen and oxygen atoms in total. The van der Waals surface area contributed by atoms with Gasteiger partial charge in [-0.2, -0.15) is 4.57 Å². The number of benzene rings is 4. The summed E-state index contributed by atoms with van der Waals surface area (Å²) < 4.78 is 11.2. The maximum Gasteiger partial charge on any atom is 0.256 e. The smallest absolute Gasteiger partial charge is 0.256 e. The Bertz CT molecular complexity index is 1830. The fourth-order valence-corrected chi connectivity index (χ4v) is 5.44. The lowest BCUT2D eigenvalue weighted by Crippen LogP contribution is -2.32. The summed E-state index contributed by atoms with van der Waals surface area (Å²) >= 11 is 0. The lowest BCUT2D eigenvalue weighted by Gasteiger charge is -2.11. The largest absolute Gasteiger partial charge is 0.449 e. The average molecular weight is 440 g/mol. The van der Waals surface area contributed by atoms with Gasteiger partial charge in [0.1, 0.15) is 18.3 Å². The highest BCUT2D eigenvalue weighted by molar-refractivity contribution is 6.15. The van der Waals surface area contributed by atoms with E-state index in [0.717, 1.165) is 33.3 Å². The van der Waals surface area contributed by atoms with Crippen molar-refractivity contribution in [1.29, 1.82) is 0 Å². The van der Waals surface area contributed by atoms with Crippen molar-refractivity contribution in [2.75, 3.05) is 0 Å². The molecule has 34 heavy (non-hydrogen) atoms. The zero-order valence-electron chi connectivity index (χ0n) is 19.1. The van der Waals surface area contributed by atoms with Crippen molar-refractivity contribution in [3.63, 3.8) is 0 Å². The van der Waals surface area contributed by atoms with Gasteiger partial charge in [0.05, 0.1) is 22.0 Å². The Morgan fingerprint density at radius 1 is 0.676 bits per heavy atom. The highest BCUT2D eigenvalue weighted by Crippen LogP contribution is 2.40. The molecule has 0 atom stereocenters. The summed E-state index contributed by atoms with van der Waals surface area (Å²) in [7, 11) is 2.12. The van der Waals surface area contributed by atoms with Crippen LogP contribution >= 0.6 is 0 Å². The second kappa shape index (κ2) is 7.06. The molecule has 0 aliphatic rings. The third-order valence-corrected chi connectivity index (χ3v) is 6.96. The Balaban J connectivity index is 1.71. The molecule has 0 bridgehead atoms. The van der Waals surface area contributed by atoms with E-state index in [-0.39, 0.29) is 0 Å². The van der Waals surface area contributed by atoms with E-state index in [1.54, 1.807) is 0 Å². The number of nitrogens with zero attached hydrogens (tertiary/aromatic N) is 2. The molecule has 7 rings (SSSR count). The predicted octanol–water partition coefficient (Wildman–Crippen LogP) is 7.48. The van der Waals surface area contributed by atoms with Crippen LogP contribution in [-0.2, 0) is 7.05 Å². The summed E-state index contributed by atoms with van der Waals surface area (Å²) in [5.41, 5.74) is 8.83. The van der Waals surface area contributed by atoms with Gasteiger partial charge in [0, 0.05) is 16.2 Å². The number of furan rings is 1. The van der Waals surface area contributed by atoms with Crippen LogP contribution in [0.5, 0.6) is 0 Å². The topological polar surface area (TPSA) is 21.9 Å². The number of pyridine rings is 1. The minimum atomic E-state index is 0.903. The molecule has 0 aliphatic heterocycles. The first-order chi connectivity index (χ1) is 16.7. The van der Waals surface area contributed by atoms with E-state index in [2.05, 4.69) is 120 Å². The molecule has 3 aromatic heterocycles. The Morgan fingerprint density at radius 3 is 1.97 bits per heavy atom. The number of para-hydroxylation sites is 3. The molecule has 0 N–H and O–H groups in total. The molecule has 162 valence electrons. The predicted molar refractivity (Wildman–Crippen MR) is 139 cm³/mol. The Kier molecular flexibility index (Phi) is 3.97. The number of hydrogen-bond acceptors (Lipinski definition) is 1. The van der Waals surface area contributed by atoms with Gasteiger partial charge < -0.3 is 8.98 Å². The van der Waals surface area contributed by atoms with Crippen LogP contribution in [0.1, 0.15) is 5.56 Å². The summed E-state index contributed by atoms with van der Waals surface area (Å²) in [4.78, 5) is 0. The Hall–Kier alpha value is -4.37. The van der Waals surface area contributed by atoms with E-state index in [9.17, 15) is 0 Å². The molecule has 3 heterocycles. The van der Waals surface area contributed by atoms with E-state index >= 15 is 0 Å². The van der Waals surface area contributed by atoms with Crippen LogP contribution in [0.3, 0.4) is 0 Å². The van der Waals surface area contributed by atoms with Crippen LogP contribution in [0.2, 0.25) is 0 Å². The SMILES string of the molecule is Cc1ccccc1-c1c2oc3ccccc3c2c(-n2c3ccccc3c3ccccc32)c[n+]1C. The normalized spacial score (nSPS) is 11.8. The summed E-state index contributed by atoms with van der Waals surface area (Å²) in [5, 5.41) is 4.78. The van der Waals surface area contributed by atoms with Gasteiger partial charge in [0.25, 0.3) is 5.69 Å². The van der Waals surface area contributed by atoms with Crippen LogP contribution in [0, 0.1) is 6.92 Å². The van der Waals surface area contributed by atoms with Gasteiger partial charge in [-0.15, -0.1) is 0 Å². The zero-order valence-corrected chi connectivity index (χ0v) is 19.1. The van der Waals surface area contributed by atoms with Crippen molar-refractivity contribution >= 4 is 43.7 Å². The molecule has 0 amide bonds. The highest BCUT2D eigenvalue weighted by atomic mass is 16.3. The number of aryl methyl sites for hydroxylation is 2. The van der Waals surface area contributed by atoms with E-state index in [1.165, 1.54) is 32.9 Å². The third-order valence-electron chi connectivity index (χ3n) is 6.96. The molecule has 0 saturated heterocycles. The molecule has 0 radical (unpaired) electrons. The first-order valence-electron chi connectivity index (χ1n) is 11.6. The second-order valence-electron chi connectivity index (χ2n) is 8.96. The van der Waals surface area contributed by atoms with Crippen molar-refractivity contribution < 1.29 is 8.98 Å². The first-order valence-corrected chi connectivity index (χ1v) is 11.6. The minimum absolute atomic E-state index is 0.903. The molecule has 0 saturated carbocycles. The van der Waals surface area contributed by atoms with Crippen molar-refractivity contribution in [2.45, 2.75) is 6.92 Å². The fraction of sp³-hybridized carbons (Fsp3) is 0.0645. The van der Waals surface area contributed by atoms with Gasteiger partial charge in [-0.05, 0) is 36.8 Å². The molecule has 0 aliphatic carbocycles. The van der Waals surface area contributed by atoms with Gasteiger partial charge in [-0.3, -0.25) is 0 Å². The quantitative estimate of drug-likeness (QED) is 0.256. The van der Waals surface area contributed by atoms with Crippen LogP contribution in [0.15, 0.2) is 108 Å². The van der Waals surface area contributed by atoms with Crippen molar-refractivity contribution in [3.05, 3.63) is 109 Å². The van der Waals surface area contributed by atoms with Crippen molar-refractivity contribution in [2.24, 2.45) is 7.05 Å². The van der Waals surface area contributed by atoms with Gasteiger partial charge in [-0.25, -0.2) is 0 Å². The van der Waals surface area contributed by atoms with Crippen LogP contribution in [0.4, 0.5) is 0 Å². The zero-order chi connectivity index (χ0) is 22.8. The van der Waals surface area contributed by atoms with Crippen molar-refractivity contribution in [1.82, 2.24) is 4.57 Å². The summed E-state index contributed by atoms with van der Waals surface area (Å²) in [5.74, 6) is 0. The minimum Gasteiger partial charge on any atom is -0.449 e. The molecule has 0 fully saturated rings. The van der Waals surface area contributed by atoms with Crippen LogP contribution in [0.25, 0.3) is 60.7 Å². The molecule has 3 heteroatoms. The van der Waals surface area contributed by atoms with Gasteiger partial charge in [0.15, 0.2) is 6.20 Å². The lowest BCUT2D eigenvalue weighted by atomic mass is 10.0. The second-order valence-corrected chi connectivity index (χ2v) is 8.96. The van der Waals surface area contributed by atoms with Crippen LogP contribution < -0.4 is 4.57 Å². The summed E-state index contributed by atoms with van der Waals surface area (Å²) in [6, 6.07) is 34.2. The van der Waals surface area contributed by atoms with Crippen molar-refractivity contribution in [3.8, 4) is 16.9 Å². The fourth-order valence-electron chi connectivity index (χ4n) is 5.44. The van der Waals surface area contributed by atoms with Gasteiger partial charge in [-0.1, -0.05) is 72.8 Å². The first kappa shape index (κ1) is 19.1. The molecule has 7 aromatic rings. The summed E-state index contributed by atoms with van der Waals surface area (Å²) in [6.45, 7) is 2.16. The third kappa shape index (κ3) is 2.55. The maximum atomic E-state index is 6.60. The number of aromatic nitrogens is 2. The number of hydrogen-bond donors (Lipinski definition) is 0. The molecular formula is C31H23N2O+. The number of fused-ring (bicyclic) bond motifs is 6. The monoisotopic (exact) mass is 439 g/mol. The van der Waals surface area contributed by atoms with Gasteiger partial charge >= 0.3 is 0 Å².